The third-order valence-electron chi connectivity index (χ3n) is 3.41. The van der Waals surface area contributed by atoms with E-state index in [1.165, 1.54) is 7.05 Å². The summed E-state index contributed by atoms with van der Waals surface area (Å²) >= 11 is 0. The molecule has 0 aliphatic heterocycles. The first-order valence-corrected chi connectivity index (χ1v) is 9.00. The normalized spacial score (nSPS) is 11.2. The number of nitrogens with zero attached hydrogens (tertiary/aromatic N) is 3. The number of hydrogen-bond acceptors (Lipinski definition) is 4. The number of nitrogens with one attached hydrogen (secondary N) is 1. The van der Waals surface area contributed by atoms with E-state index in [4.69, 9.17) is 0 Å². The van der Waals surface area contributed by atoms with E-state index in [0.29, 0.717) is 17.8 Å². The molecule has 2 rings (SSSR count). The number of aryl methyl sites for hydroxylation is 1. The summed E-state index contributed by atoms with van der Waals surface area (Å²) < 4.78 is 26.2. The highest BCUT2D eigenvalue weighted by Gasteiger charge is 2.13. The highest BCUT2D eigenvalue weighted by Crippen LogP contribution is 2.17. The molecule has 0 aliphatic rings. The van der Waals surface area contributed by atoms with Crippen LogP contribution in [0.3, 0.4) is 0 Å². The first kappa shape index (κ1) is 17.0. The van der Waals surface area contributed by atoms with Gasteiger partial charge in [-0.2, -0.15) is 0 Å². The minimum absolute atomic E-state index is 0.223. The number of benzene rings is 1. The van der Waals surface area contributed by atoms with Gasteiger partial charge in [0.15, 0.2) is 0 Å². The predicted octanol–water partition coefficient (Wildman–Crippen LogP) is 1.10. The third-order valence-corrected chi connectivity index (χ3v) is 4.61. The Bertz CT molecular complexity index is 757. The van der Waals surface area contributed by atoms with E-state index in [9.17, 15) is 13.2 Å². The van der Waals surface area contributed by atoms with Crippen molar-refractivity contribution < 1.29 is 13.2 Å². The maximum Gasteiger partial charge on any atom is 0.251 e. The number of anilines is 1. The van der Waals surface area contributed by atoms with Crippen LogP contribution in [0.1, 0.15) is 16.8 Å². The Balaban J connectivity index is 1.92. The topological polar surface area (TPSA) is 84.3 Å². The average Bonchev–Trinajstić information content (AvgIpc) is 3.03. The zero-order valence-corrected chi connectivity index (χ0v) is 14.0. The van der Waals surface area contributed by atoms with Crippen molar-refractivity contribution in [1.29, 1.82) is 0 Å². The second kappa shape index (κ2) is 7.28. The van der Waals surface area contributed by atoms with Gasteiger partial charge in [-0.25, -0.2) is 13.4 Å². The quantitative estimate of drug-likeness (QED) is 0.767. The van der Waals surface area contributed by atoms with Gasteiger partial charge < -0.3 is 9.88 Å². The maximum atomic E-state index is 12.1. The molecule has 23 heavy (non-hydrogen) atoms. The van der Waals surface area contributed by atoms with Gasteiger partial charge in [0.2, 0.25) is 10.0 Å². The van der Waals surface area contributed by atoms with Gasteiger partial charge in [0.05, 0.1) is 18.3 Å². The number of aromatic nitrogens is 2. The highest BCUT2D eigenvalue weighted by molar-refractivity contribution is 7.92. The van der Waals surface area contributed by atoms with Crippen molar-refractivity contribution in [3.8, 4) is 0 Å². The number of rotatable bonds is 7. The smallest absolute Gasteiger partial charge is 0.251 e. The standard InChI is InChI=1S/C15H20N4O3S/c1-18(23(2,21)22)14-6-3-5-13(11-14)15(20)17-7-4-9-19-10-8-16-12-19/h3,5-6,8,10-12H,4,7,9H2,1-2H3,(H,17,20). The Morgan fingerprint density at radius 1 is 1.39 bits per heavy atom. The maximum absolute atomic E-state index is 12.1. The molecule has 8 heteroatoms. The minimum atomic E-state index is -3.35. The summed E-state index contributed by atoms with van der Waals surface area (Å²) in [6.45, 7) is 1.31. The van der Waals surface area contributed by atoms with Gasteiger partial charge in [0.25, 0.3) is 5.91 Å². The van der Waals surface area contributed by atoms with E-state index < -0.39 is 10.0 Å². The molecule has 0 aliphatic carbocycles. The number of hydrogen-bond donors (Lipinski definition) is 1. The van der Waals surface area contributed by atoms with Crippen molar-refractivity contribution in [3.05, 3.63) is 48.5 Å². The Kier molecular flexibility index (Phi) is 5.38. The molecule has 1 aromatic carbocycles. The molecule has 7 nitrogen and oxygen atoms in total. The molecular weight excluding hydrogens is 316 g/mol. The fourth-order valence-electron chi connectivity index (χ4n) is 2.02. The van der Waals surface area contributed by atoms with Crippen molar-refractivity contribution in [2.45, 2.75) is 13.0 Å². The molecule has 1 N–H and O–H groups in total. The van der Waals surface area contributed by atoms with Gasteiger partial charge in [0.1, 0.15) is 0 Å². The Labute approximate surface area is 136 Å². The molecule has 0 saturated carbocycles. The third kappa shape index (κ3) is 4.82. The molecule has 124 valence electrons. The molecule has 0 fully saturated rings. The summed E-state index contributed by atoms with van der Waals surface area (Å²) in [7, 11) is -1.90. The van der Waals surface area contributed by atoms with Crippen molar-refractivity contribution in [1.82, 2.24) is 14.9 Å². The fourth-order valence-corrected chi connectivity index (χ4v) is 2.52. The number of carbonyl (C=O) groups is 1. The molecule has 0 saturated heterocycles. The fraction of sp³-hybridized carbons (Fsp3) is 0.333. The van der Waals surface area contributed by atoms with Gasteiger partial charge in [-0.05, 0) is 24.6 Å². The van der Waals surface area contributed by atoms with Crippen LogP contribution in [0, 0.1) is 0 Å². The van der Waals surface area contributed by atoms with E-state index in [1.54, 1.807) is 36.8 Å². The van der Waals surface area contributed by atoms with Crippen LogP contribution in [-0.2, 0) is 16.6 Å². The molecule has 0 radical (unpaired) electrons. The van der Waals surface area contributed by atoms with Crippen molar-refractivity contribution in [2.24, 2.45) is 0 Å². The molecule has 1 aromatic heterocycles. The van der Waals surface area contributed by atoms with E-state index in [-0.39, 0.29) is 5.91 Å². The lowest BCUT2D eigenvalue weighted by Gasteiger charge is -2.17. The molecule has 1 heterocycles. The first-order valence-electron chi connectivity index (χ1n) is 7.16. The summed E-state index contributed by atoms with van der Waals surface area (Å²) in [6, 6.07) is 6.53. The summed E-state index contributed by atoms with van der Waals surface area (Å²) in [5.74, 6) is -0.223. The molecule has 0 atom stereocenters. The molecule has 0 bridgehead atoms. The lowest BCUT2D eigenvalue weighted by atomic mass is 10.2. The number of amides is 1. The monoisotopic (exact) mass is 336 g/mol. The lowest BCUT2D eigenvalue weighted by molar-refractivity contribution is 0.0952. The number of carbonyl (C=O) groups excluding carboxylic acids is 1. The number of sulfonamides is 1. The van der Waals surface area contributed by atoms with Gasteiger partial charge in [-0.3, -0.25) is 9.10 Å². The van der Waals surface area contributed by atoms with Crippen LogP contribution >= 0.6 is 0 Å². The van der Waals surface area contributed by atoms with E-state index in [0.717, 1.165) is 23.5 Å². The Hall–Kier alpha value is -2.35. The predicted molar refractivity (Wildman–Crippen MR) is 88.9 cm³/mol. The van der Waals surface area contributed by atoms with Gasteiger partial charge in [-0.15, -0.1) is 0 Å². The SMILES string of the molecule is CN(c1cccc(C(=O)NCCCn2ccnc2)c1)S(C)(=O)=O. The van der Waals surface area contributed by atoms with Crippen LogP contribution in [0.4, 0.5) is 5.69 Å². The van der Waals surface area contributed by atoms with Crippen LogP contribution in [0.2, 0.25) is 0 Å². The van der Waals surface area contributed by atoms with Crippen LogP contribution in [-0.4, -0.2) is 43.7 Å². The molecule has 2 aromatic rings. The zero-order chi connectivity index (χ0) is 16.9. The van der Waals surface area contributed by atoms with Gasteiger partial charge in [-0.1, -0.05) is 6.07 Å². The van der Waals surface area contributed by atoms with Gasteiger partial charge >= 0.3 is 0 Å². The number of imidazole rings is 1. The lowest BCUT2D eigenvalue weighted by Crippen LogP contribution is -2.27. The second-order valence-electron chi connectivity index (χ2n) is 5.19. The summed E-state index contributed by atoms with van der Waals surface area (Å²) in [5.41, 5.74) is 0.888. The van der Waals surface area contributed by atoms with Gasteiger partial charge in [0, 0.05) is 38.1 Å². The molecule has 0 spiro atoms. The van der Waals surface area contributed by atoms with Crippen LogP contribution in [0.5, 0.6) is 0 Å². The Morgan fingerprint density at radius 3 is 2.83 bits per heavy atom. The highest BCUT2D eigenvalue weighted by atomic mass is 32.2. The Morgan fingerprint density at radius 2 is 2.17 bits per heavy atom. The van der Waals surface area contributed by atoms with Crippen molar-refractivity contribution in [3.63, 3.8) is 0 Å². The van der Waals surface area contributed by atoms with Crippen LogP contribution < -0.4 is 9.62 Å². The largest absolute Gasteiger partial charge is 0.352 e. The summed E-state index contributed by atoms with van der Waals surface area (Å²) in [5, 5.41) is 2.83. The van der Waals surface area contributed by atoms with E-state index in [2.05, 4.69) is 10.3 Å². The van der Waals surface area contributed by atoms with Crippen molar-refractivity contribution in [2.75, 3.05) is 24.2 Å². The van der Waals surface area contributed by atoms with Crippen LogP contribution in [0.15, 0.2) is 43.0 Å². The minimum Gasteiger partial charge on any atom is -0.352 e. The first-order chi connectivity index (χ1) is 10.9. The summed E-state index contributed by atoms with van der Waals surface area (Å²) in [4.78, 5) is 16.1. The van der Waals surface area contributed by atoms with Crippen LogP contribution in [0.25, 0.3) is 0 Å². The molecule has 0 unspecified atom stereocenters. The molecule has 1 amide bonds. The van der Waals surface area contributed by atoms with E-state index >= 15 is 0 Å². The molecular formula is C15H20N4O3S. The van der Waals surface area contributed by atoms with Crippen molar-refractivity contribution >= 4 is 21.6 Å². The summed E-state index contributed by atoms with van der Waals surface area (Å²) in [6.07, 6.45) is 7.21. The second-order valence-corrected chi connectivity index (χ2v) is 7.20. The average molecular weight is 336 g/mol. The van der Waals surface area contributed by atoms with E-state index in [1.807, 2.05) is 10.8 Å². The zero-order valence-electron chi connectivity index (χ0n) is 13.1.